The number of nitrogens with one attached hydrogen (secondary N) is 1. The van der Waals surface area contributed by atoms with Gasteiger partial charge in [0, 0.05) is 54.9 Å². The zero-order chi connectivity index (χ0) is 27.4. The van der Waals surface area contributed by atoms with Crippen molar-refractivity contribution in [1.29, 1.82) is 5.26 Å². The first-order valence-corrected chi connectivity index (χ1v) is 14.3. The minimum Gasteiger partial charge on any atom is -0.462 e. The van der Waals surface area contributed by atoms with Gasteiger partial charge in [0.25, 0.3) is 0 Å². The molecule has 9 heteroatoms. The third kappa shape index (κ3) is 6.06. The van der Waals surface area contributed by atoms with Crippen LogP contribution in [0.25, 0.3) is 10.8 Å². The highest BCUT2D eigenvalue weighted by atomic mass is 35.5. The molecule has 1 saturated heterocycles. The highest BCUT2D eigenvalue weighted by Gasteiger charge is 2.29. The van der Waals surface area contributed by atoms with Gasteiger partial charge in [-0.3, -0.25) is 0 Å². The van der Waals surface area contributed by atoms with E-state index in [-0.39, 0.29) is 6.04 Å². The summed E-state index contributed by atoms with van der Waals surface area (Å²) in [7, 11) is 4.18. The van der Waals surface area contributed by atoms with E-state index < -0.39 is 0 Å². The fourth-order valence-corrected chi connectivity index (χ4v) is 6.00. The Hall–Kier alpha value is -3.12. The van der Waals surface area contributed by atoms with Crippen molar-refractivity contribution in [2.24, 2.45) is 0 Å². The molecule has 0 aliphatic carbocycles. The number of fused-ring (bicyclic) bond motifs is 2. The molecule has 1 aromatic heterocycles. The summed E-state index contributed by atoms with van der Waals surface area (Å²) in [4.78, 5) is 16.8. The third-order valence-electron chi connectivity index (χ3n) is 7.85. The van der Waals surface area contributed by atoms with Crippen molar-refractivity contribution in [2.45, 2.75) is 51.2 Å². The average Bonchev–Trinajstić information content (AvgIpc) is 2.94. The molecular formula is C30H38ClN7O. The first-order valence-electron chi connectivity index (χ1n) is 13.9. The van der Waals surface area contributed by atoms with Gasteiger partial charge < -0.3 is 24.8 Å². The van der Waals surface area contributed by atoms with Gasteiger partial charge in [-0.2, -0.15) is 15.2 Å². The number of rotatable bonds is 9. The van der Waals surface area contributed by atoms with Gasteiger partial charge in [-0.05, 0) is 44.5 Å². The molecule has 2 aromatic carbocycles. The van der Waals surface area contributed by atoms with Gasteiger partial charge in [0.05, 0.1) is 29.8 Å². The number of hydrogen-bond donors (Lipinski definition) is 1. The number of nitriles is 1. The van der Waals surface area contributed by atoms with Gasteiger partial charge in [0.2, 0.25) is 0 Å². The molecule has 2 aliphatic rings. The number of hydrogen-bond acceptors (Lipinski definition) is 8. The van der Waals surface area contributed by atoms with Crippen molar-refractivity contribution in [1.82, 2.24) is 20.2 Å². The summed E-state index contributed by atoms with van der Waals surface area (Å²) < 4.78 is 6.29. The van der Waals surface area contributed by atoms with Crippen LogP contribution in [0.4, 0.5) is 11.5 Å². The molecular weight excluding hydrogens is 510 g/mol. The first-order chi connectivity index (χ1) is 19.0. The topological polar surface area (TPSA) is 80.5 Å². The van der Waals surface area contributed by atoms with Gasteiger partial charge in [0.1, 0.15) is 12.4 Å². The molecule has 1 N–H and O–H groups in total. The predicted octanol–water partition coefficient (Wildman–Crippen LogP) is 4.65. The van der Waals surface area contributed by atoms with E-state index in [2.05, 4.69) is 71.4 Å². The smallest absolute Gasteiger partial charge is 0.318 e. The second kappa shape index (κ2) is 12.4. The van der Waals surface area contributed by atoms with Crippen LogP contribution in [0, 0.1) is 11.3 Å². The van der Waals surface area contributed by atoms with Crippen LogP contribution in [-0.4, -0.2) is 73.8 Å². The third-order valence-corrected chi connectivity index (χ3v) is 8.16. The van der Waals surface area contributed by atoms with Crippen molar-refractivity contribution in [3.05, 3.63) is 52.7 Å². The fourth-order valence-electron chi connectivity index (χ4n) is 5.72. The molecule has 0 amide bonds. The highest BCUT2D eigenvalue weighted by molar-refractivity contribution is 6.36. The van der Waals surface area contributed by atoms with Crippen molar-refractivity contribution in [3.63, 3.8) is 0 Å². The standard InChI is InChI=1S/C30H38ClN7O/c1-4-7-23(36(2)3)20-39-30-34-26-19-37(27-11-6-9-21-8-5-10-25(31)28(21)27)16-13-24(26)29(35-30)38-17-15-33-22(18-38)12-14-32/h5-6,8-11,22-23,33H,4,7,12-13,15-20H2,1-3H3. The minimum atomic E-state index is 0.124. The molecule has 3 heterocycles. The maximum absolute atomic E-state index is 9.28. The van der Waals surface area contributed by atoms with Gasteiger partial charge in [-0.25, -0.2) is 0 Å². The number of benzene rings is 2. The van der Waals surface area contributed by atoms with E-state index in [1.165, 1.54) is 5.56 Å². The van der Waals surface area contributed by atoms with Crippen LogP contribution >= 0.6 is 11.6 Å². The molecule has 5 rings (SSSR count). The van der Waals surface area contributed by atoms with E-state index in [4.69, 9.17) is 26.3 Å². The van der Waals surface area contributed by atoms with Crippen molar-refractivity contribution in [2.75, 3.05) is 56.7 Å². The minimum absolute atomic E-state index is 0.124. The zero-order valence-corrected chi connectivity index (χ0v) is 23.9. The van der Waals surface area contributed by atoms with Crippen LogP contribution in [0.3, 0.4) is 0 Å². The Balaban J connectivity index is 1.49. The molecule has 8 nitrogen and oxygen atoms in total. The van der Waals surface area contributed by atoms with Gasteiger partial charge in [0.15, 0.2) is 0 Å². The van der Waals surface area contributed by atoms with Gasteiger partial charge in [-0.15, -0.1) is 0 Å². The summed E-state index contributed by atoms with van der Waals surface area (Å²) in [6, 6.07) is 15.6. The molecule has 2 atom stereocenters. The normalized spacial score (nSPS) is 18.2. The van der Waals surface area contributed by atoms with Crippen LogP contribution in [0.15, 0.2) is 36.4 Å². The van der Waals surface area contributed by atoms with Crippen LogP contribution in [0.5, 0.6) is 6.01 Å². The lowest BCUT2D eigenvalue weighted by molar-refractivity contribution is 0.167. The molecule has 39 heavy (non-hydrogen) atoms. The Bertz CT molecular complexity index is 1340. The summed E-state index contributed by atoms with van der Waals surface area (Å²) in [6.45, 7) is 6.65. The monoisotopic (exact) mass is 547 g/mol. The second-order valence-electron chi connectivity index (χ2n) is 10.7. The van der Waals surface area contributed by atoms with E-state index >= 15 is 0 Å². The lowest BCUT2D eigenvalue weighted by Gasteiger charge is -2.37. The summed E-state index contributed by atoms with van der Waals surface area (Å²) >= 11 is 6.68. The average molecular weight is 548 g/mol. The maximum atomic E-state index is 9.28. The molecule has 2 aliphatic heterocycles. The van der Waals surface area contributed by atoms with Crippen molar-refractivity contribution < 1.29 is 4.74 Å². The number of likely N-dealkylation sites (N-methyl/N-ethyl adjacent to an activating group) is 1. The number of nitrogens with zero attached hydrogens (tertiary/aromatic N) is 6. The van der Waals surface area contributed by atoms with E-state index in [9.17, 15) is 5.26 Å². The van der Waals surface area contributed by atoms with Crippen LogP contribution in [0.1, 0.15) is 37.4 Å². The Kier molecular flexibility index (Phi) is 8.71. The maximum Gasteiger partial charge on any atom is 0.318 e. The van der Waals surface area contributed by atoms with Gasteiger partial charge >= 0.3 is 6.01 Å². The lowest BCUT2D eigenvalue weighted by atomic mass is 10.0. The Morgan fingerprint density at radius 1 is 1.18 bits per heavy atom. The number of anilines is 2. The molecule has 206 valence electrons. The van der Waals surface area contributed by atoms with Crippen LogP contribution in [-0.2, 0) is 13.0 Å². The Morgan fingerprint density at radius 3 is 2.77 bits per heavy atom. The molecule has 0 saturated carbocycles. The van der Waals surface area contributed by atoms with Crippen LogP contribution < -0.4 is 19.9 Å². The quantitative estimate of drug-likeness (QED) is 0.415. The zero-order valence-electron chi connectivity index (χ0n) is 23.2. The van der Waals surface area contributed by atoms with Gasteiger partial charge in [-0.1, -0.05) is 49.2 Å². The highest BCUT2D eigenvalue weighted by Crippen LogP contribution is 2.37. The number of ether oxygens (including phenoxy) is 1. The number of piperazine rings is 1. The Morgan fingerprint density at radius 2 is 2.00 bits per heavy atom. The van der Waals surface area contributed by atoms with E-state index in [1.54, 1.807) is 0 Å². The van der Waals surface area contributed by atoms with E-state index in [1.807, 2.05) is 12.1 Å². The lowest BCUT2D eigenvalue weighted by Crippen LogP contribution is -2.51. The van der Waals surface area contributed by atoms with Crippen LogP contribution in [0.2, 0.25) is 5.02 Å². The van der Waals surface area contributed by atoms with E-state index in [0.717, 1.165) is 78.4 Å². The molecule has 0 spiro atoms. The predicted molar refractivity (Wildman–Crippen MR) is 158 cm³/mol. The largest absolute Gasteiger partial charge is 0.462 e. The Labute approximate surface area is 236 Å². The van der Waals surface area contributed by atoms with Crippen molar-refractivity contribution >= 4 is 33.9 Å². The first kappa shape index (κ1) is 27.4. The summed E-state index contributed by atoms with van der Waals surface area (Å²) in [5.74, 6) is 0.951. The second-order valence-corrected chi connectivity index (χ2v) is 11.1. The molecule has 3 aromatic rings. The van der Waals surface area contributed by atoms with Crippen molar-refractivity contribution in [3.8, 4) is 12.1 Å². The SMILES string of the molecule is CCCC(COc1nc2c(c(N3CCNC(CC#N)C3)n1)CCN(c1cccc3cccc(Cl)c13)C2)N(C)C. The summed E-state index contributed by atoms with van der Waals surface area (Å²) in [6.07, 6.45) is 3.44. The molecule has 0 bridgehead atoms. The number of halogens is 1. The fraction of sp³-hybridized carbons (Fsp3) is 0.500. The van der Waals surface area contributed by atoms with E-state index in [0.29, 0.717) is 31.6 Å². The molecule has 1 fully saturated rings. The molecule has 2 unspecified atom stereocenters. The molecule has 0 radical (unpaired) electrons. The summed E-state index contributed by atoms with van der Waals surface area (Å²) in [5.41, 5.74) is 3.30. The number of aromatic nitrogens is 2. The summed E-state index contributed by atoms with van der Waals surface area (Å²) in [5, 5.41) is 15.7.